The summed E-state index contributed by atoms with van der Waals surface area (Å²) < 4.78 is 39.9. The number of rotatable bonds is 4. The molecular formula is C25H26FNO2S. The summed E-state index contributed by atoms with van der Waals surface area (Å²) in [5, 5.41) is 0. The number of anilines is 1. The van der Waals surface area contributed by atoms with Gasteiger partial charge in [0.15, 0.2) is 0 Å². The van der Waals surface area contributed by atoms with Gasteiger partial charge < -0.3 is 0 Å². The van der Waals surface area contributed by atoms with Gasteiger partial charge in [-0.3, -0.25) is 4.72 Å². The maximum atomic E-state index is 14.0. The predicted molar refractivity (Wildman–Crippen MR) is 120 cm³/mol. The molecule has 3 aromatic carbocycles. The van der Waals surface area contributed by atoms with Gasteiger partial charge in [-0.15, -0.1) is 0 Å². The Morgan fingerprint density at radius 2 is 1.63 bits per heavy atom. The summed E-state index contributed by atoms with van der Waals surface area (Å²) in [6.07, 6.45) is 2.84. The Hall–Kier alpha value is -2.66. The summed E-state index contributed by atoms with van der Waals surface area (Å²) in [5.74, 6) is -0.0658. The summed E-state index contributed by atoms with van der Waals surface area (Å²) in [6, 6.07) is 19.2. The highest BCUT2D eigenvalue weighted by atomic mass is 32.2. The SMILES string of the molecule is Cc1ccc2c(c1)CCc1cc(F)ccc1C2C(C)c1cccc(NS(C)(=O)=O)c1. The van der Waals surface area contributed by atoms with Gasteiger partial charge in [-0.05, 0) is 77.8 Å². The summed E-state index contributed by atoms with van der Waals surface area (Å²) in [6.45, 7) is 4.25. The number of aryl methyl sites for hydroxylation is 3. The van der Waals surface area contributed by atoms with E-state index in [2.05, 4.69) is 36.8 Å². The molecule has 0 radical (unpaired) electrons. The molecule has 156 valence electrons. The minimum atomic E-state index is -3.35. The molecule has 30 heavy (non-hydrogen) atoms. The smallest absolute Gasteiger partial charge is 0.229 e. The molecule has 1 aliphatic carbocycles. The van der Waals surface area contributed by atoms with Gasteiger partial charge in [-0.25, -0.2) is 12.8 Å². The first-order chi connectivity index (χ1) is 14.2. The van der Waals surface area contributed by atoms with E-state index in [0.29, 0.717) is 5.69 Å². The van der Waals surface area contributed by atoms with Crippen LogP contribution < -0.4 is 4.72 Å². The largest absolute Gasteiger partial charge is 0.284 e. The second kappa shape index (κ2) is 7.88. The lowest BCUT2D eigenvalue weighted by Gasteiger charge is -2.28. The zero-order chi connectivity index (χ0) is 21.5. The van der Waals surface area contributed by atoms with Crippen molar-refractivity contribution >= 4 is 15.7 Å². The third kappa shape index (κ3) is 4.26. The van der Waals surface area contributed by atoms with Crippen LogP contribution in [-0.4, -0.2) is 14.7 Å². The molecule has 3 aromatic rings. The van der Waals surface area contributed by atoms with Crippen molar-refractivity contribution in [2.24, 2.45) is 0 Å². The molecule has 1 aliphatic rings. The molecule has 2 unspecified atom stereocenters. The number of hydrogen-bond donors (Lipinski definition) is 1. The van der Waals surface area contributed by atoms with Gasteiger partial charge in [0.1, 0.15) is 5.82 Å². The fraction of sp³-hybridized carbons (Fsp3) is 0.280. The van der Waals surface area contributed by atoms with Crippen LogP contribution in [0.25, 0.3) is 0 Å². The van der Waals surface area contributed by atoms with Gasteiger partial charge >= 0.3 is 0 Å². The molecule has 3 nitrogen and oxygen atoms in total. The topological polar surface area (TPSA) is 46.2 Å². The number of hydrogen-bond acceptors (Lipinski definition) is 2. The highest BCUT2D eigenvalue weighted by Gasteiger charge is 2.29. The quantitative estimate of drug-likeness (QED) is 0.599. The fourth-order valence-electron chi connectivity index (χ4n) is 4.62. The Bertz CT molecular complexity index is 1150. The highest BCUT2D eigenvalue weighted by molar-refractivity contribution is 7.92. The van der Waals surface area contributed by atoms with Gasteiger partial charge in [0.2, 0.25) is 10.0 Å². The van der Waals surface area contributed by atoms with Crippen molar-refractivity contribution in [3.05, 3.63) is 99.9 Å². The summed E-state index contributed by atoms with van der Waals surface area (Å²) >= 11 is 0. The third-order valence-electron chi connectivity index (χ3n) is 5.95. The maximum absolute atomic E-state index is 14.0. The molecule has 0 fully saturated rings. The van der Waals surface area contributed by atoms with Crippen LogP contribution in [0.5, 0.6) is 0 Å². The van der Waals surface area contributed by atoms with E-state index in [0.717, 1.165) is 35.8 Å². The van der Waals surface area contributed by atoms with Crippen LogP contribution in [0.1, 0.15) is 52.1 Å². The first kappa shape index (κ1) is 20.6. The number of fused-ring (bicyclic) bond motifs is 2. The van der Waals surface area contributed by atoms with Crippen molar-refractivity contribution in [2.75, 3.05) is 11.0 Å². The Morgan fingerprint density at radius 3 is 2.33 bits per heavy atom. The number of benzene rings is 3. The molecule has 0 amide bonds. The van der Waals surface area contributed by atoms with Crippen LogP contribution in [0.2, 0.25) is 0 Å². The lowest BCUT2D eigenvalue weighted by Crippen LogP contribution is -2.14. The van der Waals surface area contributed by atoms with Crippen LogP contribution in [0.4, 0.5) is 10.1 Å². The molecule has 1 N–H and O–H groups in total. The molecule has 0 aromatic heterocycles. The fourth-order valence-corrected chi connectivity index (χ4v) is 5.17. The van der Waals surface area contributed by atoms with E-state index in [1.807, 2.05) is 24.3 Å². The van der Waals surface area contributed by atoms with E-state index in [4.69, 9.17) is 0 Å². The molecule has 2 atom stereocenters. The maximum Gasteiger partial charge on any atom is 0.229 e. The van der Waals surface area contributed by atoms with E-state index in [-0.39, 0.29) is 17.7 Å². The van der Waals surface area contributed by atoms with Gasteiger partial charge in [0.05, 0.1) is 6.26 Å². The summed E-state index contributed by atoms with van der Waals surface area (Å²) in [7, 11) is -3.35. The predicted octanol–water partition coefficient (Wildman–Crippen LogP) is 5.54. The Morgan fingerprint density at radius 1 is 0.967 bits per heavy atom. The lowest BCUT2D eigenvalue weighted by atomic mass is 9.76. The Balaban J connectivity index is 1.84. The average molecular weight is 424 g/mol. The first-order valence-electron chi connectivity index (χ1n) is 10.2. The van der Waals surface area contributed by atoms with Crippen molar-refractivity contribution in [1.29, 1.82) is 0 Å². The van der Waals surface area contributed by atoms with Gasteiger partial charge in [0, 0.05) is 11.6 Å². The van der Waals surface area contributed by atoms with E-state index >= 15 is 0 Å². The molecule has 0 bridgehead atoms. The van der Waals surface area contributed by atoms with Crippen molar-refractivity contribution in [3.63, 3.8) is 0 Å². The third-order valence-corrected chi connectivity index (χ3v) is 6.56. The van der Waals surface area contributed by atoms with Crippen LogP contribution in [0.15, 0.2) is 60.7 Å². The van der Waals surface area contributed by atoms with Gasteiger partial charge in [-0.1, -0.05) is 48.9 Å². The molecule has 0 heterocycles. The zero-order valence-corrected chi connectivity index (χ0v) is 18.3. The van der Waals surface area contributed by atoms with Crippen molar-refractivity contribution in [2.45, 2.75) is 38.5 Å². The second-order valence-electron chi connectivity index (χ2n) is 8.31. The van der Waals surface area contributed by atoms with Crippen molar-refractivity contribution < 1.29 is 12.8 Å². The standard InChI is InChI=1S/C25H26FNO2S/c1-16-7-11-23-19(13-16)8-9-20-14-21(26)10-12-24(20)25(23)17(2)18-5-4-6-22(15-18)27-30(3,28)29/h4-7,10-15,17,25,27H,8-9H2,1-3H3. The Labute approximate surface area is 178 Å². The summed E-state index contributed by atoms with van der Waals surface area (Å²) in [5.41, 5.74) is 7.57. The van der Waals surface area contributed by atoms with Gasteiger partial charge in [-0.2, -0.15) is 0 Å². The van der Waals surface area contributed by atoms with E-state index < -0.39 is 10.0 Å². The molecule has 0 spiro atoms. The van der Waals surface area contributed by atoms with Crippen LogP contribution in [-0.2, 0) is 22.9 Å². The molecule has 0 aliphatic heterocycles. The zero-order valence-electron chi connectivity index (χ0n) is 17.4. The van der Waals surface area contributed by atoms with Crippen molar-refractivity contribution in [3.8, 4) is 0 Å². The molecule has 5 heteroatoms. The summed E-state index contributed by atoms with van der Waals surface area (Å²) in [4.78, 5) is 0. The van der Waals surface area contributed by atoms with Crippen LogP contribution >= 0.6 is 0 Å². The number of sulfonamides is 1. The van der Waals surface area contributed by atoms with E-state index in [1.54, 1.807) is 18.2 Å². The Kier molecular flexibility index (Phi) is 5.41. The van der Waals surface area contributed by atoms with E-state index in [9.17, 15) is 12.8 Å². The van der Waals surface area contributed by atoms with Crippen LogP contribution in [0.3, 0.4) is 0 Å². The lowest BCUT2D eigenvalue weighted by molar-refractivity contribution is 0.606. The van der Waals surface area contributed by atoms with E-state index in [1.165, 1.54) is 16.7 Å². The minimum Gasteiger partial charge on any atom is -0.284 e. The average Bonchev–Trinajstić information content (AvgIpc) is 2.82. The van der Waals surface area contributed by atoms with Crippen LogP contribution in [0, 0.1) is 12.7 Å². The highest BCUT2D eigenvalue weighted by Crippen LogP contribution is 2.44. The van der Waals surface area contributed by atoms with Crippen molar-refractivity contribution in [1.82, 2.24) is 0 Å². The molecule has 4 rings (SSSR count). The monoisotopic (exact) mass is 423 g/mol. The minimum absolute atomic E-state index is 0.0622. The number of nitrogens with one attached hydrogen (secondary N) is 1. The molecular weight excluding hydrogens is 397 g/mol. The molecule has 0 saturated heterocycles. The normalized spacial score (nSPS) is 16.9. The first-order valence-corrected chi connectivity index (χ1v) is 12.1. The van der Waals surface area contributed by atoms with Gasteiger partial charge in [0.25, 0.3) is 0 Å². The second-order valence-corrected chi connectivity index (χ2v) is 10.1. The number of halogens is 1. The molecule has 0 saturated carbocycles.